The molecule has 0 radical (unpaired) electrons. The molecule has 8 nitrogen and oxygen atoms in total. The molecule has 3 rings (SSSR count). The van der Waals surface area contributed by atoms with Gasteiger partial charge in [-0.2, -0.15) is 0 Å². The van der Waals surface area contributed by atoms with Crippen LogP contribution in [0.4, 0.5) is 0 Å². The Bertz CT molecular complexity index is 1110. The molecular formula is C26H32N2O6. The van der Waals surface area contributed by atoms with Crippen molar-refractivity contribution in [3.8, 4) is 17.2 Å². The van der Waals surface area contributed by atoms with Gasteiger partial charge in [-0.1, -0.05) is 6.07 Å². The summed E-state index contributed by atoms with van der Waals surface area (Å²) in [6, 6.07) is 9.66. The second-order valence-corrected chi connectivity index (χ2v) is 8.44. The Balaban J connectivity index is 2.17. The maximum absolute atomic E-state index is 13.2. The van der Waals surface area contributed by atoms with Gasteiger partial charge in [-0.25, -0.2) is 0 Å². The number of hydrogen-bond acceptors (Lipinski definition) is 7. The monoisotopic (exact) mass is 468 g/mol. The molecule has 34 heavy (non-hydrogen) atoms. The number of carbonyl (C=O) groups excluding carboxylic acids is 2. The number of likely N-dealkylation sites (tertiary alicyclic amines) is 1. The van der Waals surface area contributed by atoms with Crippen molar-refractivity contribution in [3.63, 3.8) is 0 Å². The molecule has 1 saturated heterocycles. The minimum atomic E-state index is -0.761. The molecule has 2 aromatic carbocycles. The van der Waals surface area contributed by atoms with Gasteiger partial charge in [0.15, 0.2) is 11.5 Å². The van der Waals surface area contributed by atoms with Gasteiger partial charge in [-0.05, 0) is 75.4 Å². The van der Waals surface area contributed by atoms with Gasteiger partial charge in [0.05, 0.1) is 32.9 Å². The van der Waals surface area contributed by atoms with Gasteiger partial charge in [0.1, 0.15) is 11.5 Å². The van der Waals surface area contributed by atoms with Crippen LogP contribution in [-0.4, -0.2) is 75.1 Å². The zero-order chi connectivity index (χ0) is 25.0. The Kier molecular flexibility index (Phi) is 7.83. The molecule has 0 aliphatic carbocycles. The number of methoxy groups -OCH3 is 3. The fraction of sp³-hybridized carbons (Fsp3) is 0.385. The van der Waals surface area contributed by atoms with E-state index >= 15 is 0 Å². The third kappa shape index (κ3) is 4.87. The molecule has 1 N–H and O–H groups in total. The van der Waals surface area contributed by atoms with Crippen LogP contribution in [0.5, 0.6) is 17.2 Å². The second-order valence-electron chi connectivity index (χ2n) is 8.44. The van der Waals surface area contributed by atoms with Crippen molar-refractivity contribution >= 4 is 17.4 Å². The van der Waals surface area contributed by atoms with E-state index in [1.165, 1.54) is 19.1 Å². The number of rotatable bonds is 9. The number of aliphatic hydroxyl groups is 1. The lowest BCUT2D eigenvalue weighted by molar-refractivity contribution is -0.139. The molecule has 1 aliphatic heterocycles. The van der Waals surface area contributed by atoms with E-state index in [0.717, 1.165) is 12.1 Å². The van der Waals surface area contributed by atoms with Gasteiger partial charge in [-0.3, -0.25) is 9.59 Å². The van der Waals surface area contributed by atoms with Crippen LogP contribution < -0.4 is 14.2 Å². The van der Waals surface area contributed by atoms with Crippen LogP contribution in [0.25, 0.3) is 5.76 Å². The van der Waals surface area contributed by atoms with Crippen LogP contribution in [0.2, 0.25) is 0 Å². The highest BCUT2D eigenvalue weighted by atomic mass is 16.5. The highest BCUT2D eigenvalue weighted by molar-refractivity contribution is 6.46. The van der Waals surface area contributed by atoms with Crippen molar-refractivity contribution in [2.75, 3.05) is 48.5 Å². The van der Waals surface area contributed by atoms with E-state index in [4.69, 9.17) is 14.2 Å². The number of ketones is 1. The van der Waals surface area contributed by atoms with Crippen molar-refractivity contribution in [1.29, 1.82) is 0 Å². The lowest BCUT2D eigenvalue weighted by atomic mass is 9.93. The van der Waals surface area contributed by atoms with Gasteiger partial charge in [0.2, 0.25) is 0 Å². The average molecular weight is 469 g/mol. The predicted octanol–water partition coefficient (Wildman–Crippen LogP) is 3.39. The van der Waals surface area contributed by atoms with Gasteiger partial charge >= 0.3 is 0 Å². The van der Waals surface area contributed by atoms with Gasteiger partial charge in [-0.15, -0.1) is 0 Å². The fourth-order valence-electron chi connectivity index (χ4n) is 4.21. The first-order valence-corrected chi connectivity index (χ1v) is 11.0. The SMILES string of the molecule is COc1ccc(C(O)=C2C(=O)C(=O)N(CCCN(C)C)[C@@H]2c2ccc(OC)c(OC)c2)c(C)c1. The summed E-state index contributed by atoms with van der Waals surface area (Å²) in [5, 5.41) is 11.3. The van der Waals surface area contributed by atoms with E-state index in [2.05, 4.69) is 0 Å². The van der Waals surface area contributed by atoms with Crippen molar-refractivity contribution in [2.45, 2.75) is 19.4 Å². The minimum Gasteiger partial charge on any atom is -0.507 e. The third-order valence-electron chi connectivity index (χ3n) is 5.96. The normalized spacial score (nSPS) is 17.4. The van der Waals surface area contributed by atoms with Crippen LogP contribution in [-0.2, 0) is 9.59 Å². The van der Waals surface area contributed by atoms with E-state index in [-0.39, 0.29) is 11.3 Å². The van der Waals surface area contributed by atoms with E-state index in [9.17, 15) is 14.7 Å². The summed E-state index contributed by atoms with van der Waals surface area (Å²) in [6.07, 6.45) is 0.672. The molecule has 0 saturated carbocycles. The summed E-state index contributed by atoms with van der Waals surface area (Å²) in [5.74, 6) is 0.0768. The smallest absolute Gasteiger partial charge is 0.295 e. The summed E-state index contributed by atoms with van der Waals surface area (Å²) < 4.78 is 16.0. The predicted molar refractivity (Wildman–Crippen MR) is 129 cm³/mol. The molecule has 1 amide bonds. The first-order chi connectivity index (χ1) is 16.2. The van der Waals surface area contributed by atoms with Crippen LogP contribution >= 0.6 is 0 Å². The van der Waals surface area contributed by atoms with E-state index in [1.54, 1.807) is 43.5 Å². The number of nitrogens with zero attached hydrogens (tertiary/aromatic N) is 2. The molecule has 1 aliphatic rings. The van der Waals surface area contributed by atoms with Gasteiger partial charge in [0.25, 0.3) is 11.7 Å². The molecule has 8 heteroatoms. The number of carbonyl (C=O) groups is 2. The lowest BCUT2D eigenvalue weighted by Gasteiger charge is -2.26. The summed E-state index contributed by atoms with van der Waals surface area (Å²) in [7, 11) is 8.52. The number of benzene rings is 2. The number of Topliss-reactive ketones (excluding diaryl/α,β-unsaturated/α-hetero) is 1. The highest BCUT2D eigenvalue weighted by Crippen LogP contribution is 2.42. The van der Waals surface area contributed by atoms with Gasteiger partial charge in [0, 0.05) is 12.1 Å². The van der Waals surface area contributed by atoms with Crippen LogP contribution in [0.15, 0.2) is 42.0 Å². The molecule has 182 valence electrons. The molecule has 1 heterocycles. The largest absolute Gasteiger partial charge is 0.507 e. The number of hydrogen-bond donors (Lipinski definition) is 1. The maximum atomic E-state index is 13.2. The summed E-state index contributed by atoms with van der Waals surface area (Å²) >= 11 is 0. The highest BCUT2D eigenvalue weighted by Gasteiger charge is 2.46. The summed E-state index contributed by atoms with van der Waals surface area (Å²) in [6.45, 7) is 2.93. The summed E-state index contributed by atoms with van der Waals surface area (Å²) in [4.78, 5) is 29.9. The molecule has 0 unspecified atom stereocenters. The Morgan fingerprint density at radius 2 is 1.71 bits per heavy atom. The average Bonchev–Trinajstić information content (AvgIpc) is 3.07. The molecule has 1 atom stereocenters. The Morgan fingerprint density at radius 1 is 1.00 bits per heavy atom. The number of aliphatic hydroxyl groups excluding tert-OH is 1. The zero-order valence-electron chi connectivity index (χ0n) is 20.5. The molecule has 0 bridgehead atoms. The molecule has 0 aromatic heterocycles. The Morgan fingerprint density at radius 3 is 2.29 bits per heavy atom. The maximum Gasteiger partial charge on any atom is 0.295 e. The van der Waals surface area contributed by atoms with E-state index in [1.807, 2.05) is 25.9 Å². The number of amides is 1. The lowest BCUT2D eigenvalue weighted by Crippen LogP contribution is -2.32. The standard InChI is InChI=1S/C26H32N2O6/c1-16-14-18(32-4)9-10-19(16)24(29)22-23(17-8-11-20(33-5)21(15-17)34-6)28(26(31)25(22)30)13-7-12-27(2)3/h8-11,14-15,23,29H,7,12-13H2,1-6H3/t23-/m1/s1. The molecular weight excluding hydrogens is 436 g/mol. The Labute approximate surface area is 200 Å². The second kappa shape index (κ2) is 10.6. The topological polar surface area (TPSA) is 88.5 Å². The first kappa shape index (κ1) is 25.1. The fourth-order valence-corrected chi connectivity index (χ4v) is 4.21. The number of ether oxygens (including phenoxy) is 3. The quantitative estimate of drug-likeness (QED) is 0.343. The third-order valence-corrected chi connectivity index (χ3v) is 5.96. The molecule has 0 spiro atoms. The zero-order valence-corrected chi connectivity index (χ0v) is 20.5. The van der Waals surface area contributed by atoms with Crippen molar-refractivity contribution < 1.29 is 28.9 Å². The van der Waals surface area contributed by atoms with Crippen LogP contribution in [0, 0.1) is 6.92 Å². The van der Waals surface area contributed by atoms with Crippen molar-refractivity contribution in [2.24, 2.45) is 0 Å². The molecule has 2 aromatic rings. The summed E-state index contributed by atoms with van der Waals surface area (Å²) in [5.41, 5.74) is 1.89. The first-order valence-electron chi connectivity index (χ1n) is 11.0. The minimum absolute atomic E-state index is 0.0512. The van der Waals surface area contributed by atoms with Crippen molar-refractivity contribution in [3.05, 3.63) is 58.7 Å². The molecule has 1 fully saturated rings. The van der Waals surface area contributed by atoms with Crippen molar-refractivity contribution in [1.82, 2.24) is 9.80 Å². The Hall–Kier alpha value is -3.52. The van der Waals surface area contributed by atoms with E-state index < -0.39 is 17.7 Å². The van der Waals surface area contributed by atoms with Gasteiger partial charge < -0.3 is 29.1 Å². The van der Waals surface area contributed by atoms with Crippen LogP contribution in [0.1, 0.15) is 29.2 Å². The number of aryl methyl sites for hydroxylation is 1. The van der Waals surface area contributed by atoms with Crippen LogP contribution in [0.3, 0.4) is 0 Å². The van der Waals surface area contributed by atoms with E-state index in [0.29, 0.717) is 41.3 Å².